The lowest BCUT2D eigenvalue weighted by molar-refractivity contribution is 0.0513. The monoisotopic (exact) mass is 529 g/mol. The van der Waals surface area contributed by atoms with Crippen LogP contribution in [0.25, 0.3) is 0 Å². The van der Waals surface area contributed by atoms with Gasteiger partial charge in [0.05, 0.1) is 0 Å². The average molecular weight is 529 g/mol. The van der Waals surface area contributed by atoms with Crippen molar-refractivity contribution < 1.29 is 13.5 Å². The van der Waals surface area contributed by atoms with Crippen molar-refractivity contribution in [3.05, 3.63) is 70.8 Å². The van der Waals surface area contributed by atoms with Crippen LogP contribution in [0.5, 0.6) is 0 Å². The summed E-state index contributed by atoms with van der Waals surface area (Å²) in [7, 11) is 1.73. The van der Waals surface area contributed by atoms with Crippen LogP contribution in [0.1, 0.15) is 29.5 Å². The summed E-state index contributed by atoms with van der Waals surface area (Å²) in [5, 5.41) is 6.73. The largest absolute Gasteiger partial charge is 0.381 e. The molecule has 1 fully saturated rings. The second kappa shape index (κ2) is 11.6. The quantitative estimate of drug-likeness (QED) is 0.333. The van der Waals surface area contributed by atoms with Crippen LogP contribution in [0.15, 0.2) is 47.5 Å². The van der Waals surface area contributed by atoms with E-state index in [1.807, 2.05) is 19.1 Å². The minimum Gasteiger partial charge on any atom is -0.381 e. The lowest BCUT2D eigenvalue weighted by Gasteiger charge is -2.38. The van der Waals surface area contributed by atoms with Crippen molar-refractivity contribution in [2.75, 3.05) is 33.4 Å². The van der Waals surface area contributed by atoms with Crippen LogP contribution in [0, 0.1) is 18.6 Å². The molecule has 0 bridgehead atoms. The number of ether oxygens (including phenoxy) is 1. The molecule has 1 saturated heterocycles. The Morgan fingerprint density at radius 2 is 1.80 bits per heavy atom. The third-order valence-electron chi connectivity index (χ3n) is 5.70. The lowest BCUT2D eigenvalue weighted by atomic mass is 9.74. The van der Waals surface area contributed by atoms with E-state index in [-0.39, 0.29) is 41.0 Å². The number of guanidine groups is 1. The molecule has 0 saturated carbocycles. The van der Waals surface area contributed by atoms with Gasteiger partial charge >= 0.3 is 0 Å². The van der Waals surface area contributed by atoms with Crippen molar-refractivity contribution in [2.45, 2.75) is 31.6 Å². The number of aryl methyl sites for hydroxylation is 1. The van der Waals surface area contributed by atoms with Crippen LogP contribution < -0.4 is 10.6 Å². The number of nitrogens with zero attached hydrogens (tertiary/aromatic N) is 1. The number of hydrogen-bond donors (Lipinski definition) is 2. The van der Waals surface area contributed by atoms with Gasteiger partial charge in [-0.1, -0.05) is 18.2 Å². The first-order chi connectivity index (χ1) is 14.0. The standard InChI is InChI=1S/C23H29F2N3O.HI/c1-17-14-21(25)7-6-18(17)8-11-27-22(26-2)28-16-23(9-12-29-13-10-23)19-4-3-5-20(24)15-19;/h3-7,14-15H,8-13,16H2,1-2H3,(H2,26,27,28);1H. The Hall–Kier alpha value is -1.74. The molecule has 2 aromatic rings. The van der Waals surface area contributed by atoms with E-state index in [9.17, 15) is 8.78 Å². The maximum Gasteiger partial charge on any atom is 0.191 e. The smallest absolute Gasteiger partial charge is 0.191 e. The molecule has 2 N–H and O–H groups in total. The number of rotatable bonds is 6. The summed E-state index contributed by atoms with van der Waals surface area (Å²) >= 11 is 0. The highest BCUT2D eigenvalue weighted by Gasteiger charge is 2.34. The molecule has 1 heterocycles. The first kappa shape index (κ1) is 24.5. The Balaban J connectivity index is 0.00000320. The number of aliphatic imine (C=N–C) groups is 1. The van der Waals surface area contributed by atoms with Crippen molar-refractivity contribution in [2.24, 2.45) is 4.99 Å². The van der Waals surface area contributed by atoms with Gasteiger partial charge in [-0.2, -0.15) is 0 Å². The molecule has 7 heteroatoms. The normalized spacial score (nSPS) is 15.9. The first-order valence-electron chi connectivity index (χ1n) is 10.1. The van der Waals surface area contributed by atoms with Crippen molar-refractivity contribution in [3.8, 4) is 0 Å². The summed E-state index contributed by atoms with van der Waals surface area (Å²) in [5.41, 5.74) is 2.86. The van der Waals surface area contributed by atoms with Crippen molar-refractivity contribution in [3.63, 3.8) is 0 Å². The highest BCUT2D eigenvalue weighted by Crippen LogP contribution is 2.34. The summed E-state index contributed by atoms with van der Waals surface area (Å²) in [6, 6.07) is 11.7. The van der Waals surface area contributed by atoms with Crippen molar-refractivity contribution >= 4 is 29.9 Å². The van der Waals surface area contributed by atoms with Crippen LogP contribution >= 0.6 is 24.0 Å². The highest BCUT2D eigenvalue weighted by atomic mass is 127. The zero-order valence-corrected chi connectivity index (χ0v) is 19.8. The fourth-order valence-corrected chi connectivity index (χ4v) is 3.88. The van der Waals surface area contributed by atoms with Crippen molar-refractivity contribution in [1.29, 1.82) is 0 Å². The van der Waals surface area contributed by atoms with E-state index in [1.54, 1.807) is 25.2 Å². The van der Waals surface area contributed by atoms with Crippen LogP contribution in [-0.2, 0) is 16.6 Å². The van der Waals surface area contributed by atoms with Gasteiger partial charge in [0, 0.05) is 38.8 Å². The Bertz CT molecular complexity index is 854. The van der Waals surface area contributed by atoms with E-state index in [0.717, 1.165) is 36.0 Å². The first-order valence-corrected chi connectivity index (χ1v) is 10.1. The predicted molar refractivity (Wildman–Crippen MR) is 128 cm³/mol. The van der Waals surface area contributed by atoms with Crippen LogP contribution in [0.3, 0.4) is 0 Å². The van der Waals surface area contributed by atoms with Gasteiger partial charge in [-0.15, -0.1) is 24.0 Å². The van der Waals surface area contributed by atoms with Gasteiger partial charge in [-0.3, -0.25) is 4.99 Å². The molecule has 0 atom stereocenters. The molecular weight excluding hydrogens is 499 g/mol. The van der Waals surface area contributed by atoms with Gasteiger partial charge in [0.15, 0.2) is 5.96 Å². The van der Waals surface area contributed by atoms with E-state index in [0.29, 0.717) is 32.3 Å². The number of halogens is 3. The topological polar surface area (TPSA) is 45.7 Å². The fraction of sp³-hybridized carbons (Fsp3) is 0.435. The van der Waals surface area contributed by atoms with Gasteiger partial charge in [0.25, 0.3) is 0 Å². The summed E-state index contributed by atoms with van der Waals surface area (Å²) in [6.07, 6.45) is 2.43. The molecule has 0 spiro atoms. The molecule has 0 radical (unpaired) electrons. The maximum atomic E-state index is 13.8. The zero-order valence-electron chi connectivity index (χ0n) is 17.5. The Morgan fingerprint density at radius 1 is 1.07 bits per heavy atom. The molecule has 2 aromatic carbocycles. The maximum absolute atomic E-state index is 13.8. The fourth-order valence-electron chi connectivity index (χ4n) is 3.88. The Kier molecular flexibility index (Phi) is 9.48. The summed E-state index contributed by atoms with van der Waals surface area (Å²) in [4.78, 5) is 4.31. The average Bonchev–Trinajstić information content (AvgIpc) is 2.72. The molecule has 164 valence electrons. The summed E-state index contributed by atoms with van der Waals surface area (Å²) < 4.78 is 32.6. The zero-order chi connectivity index (χ0) is 20.7. The molecule has 0 aromatic heterocycles. The third kappa shape index (κ3) is 6.38. The van der Waals surface area contributed by atoms with Gasteiger partial charge in [-0.25, -0.2) is 8.78 Å². The number of nitrogens with one attached hydrogen (secondary N) is 2. The van der Waals surface area contributed by atoms with E-state index in [2.05, 4.69) is 15.6 Å². The Morgan fingerprint density at radius 3 is 2.47 bits per heavy atom. The van der Waals surface area contributed by atoms with Gasteiger partial charge < -0.3 is 15.4 Å². The number of benzene rings is 2. The van der Waals surface area contributed by atoms with Gasteiger partial charge in [0.2, 0.25) is 0 Å². The minimum absolute atomic E-state index is 0. The molecule has 0 aliphatic carbocycles. The third-order valence-corrected chi connectivity index (χ3v) is 5.70. The van der Waals surface area contributed by atoms with Crippen LogP contribution in [0.2, 0.25) is 0 Å². The second-order valence-electron chi connectivity index (χ2n) is 7.58. The second-order valence-corrected chi connectivity index (χ2v) is 7.58. The molecule has 0 unspecified atom stereocenters. The summed E-state index contributed by atoms with van der Waals surface area (Å²) in [5.74, 6) is 0.272. The predicted octanol–water partition coefficient (Wildman–Crippen LogP) is 4.35. The Labute approximate surface area is 194 Å². The highest BCUT2D eigenvalue weighted by molar-refractivity contribution is 14.0. The molecule has 30 heavy (non-hydrogen) atoms. The molecule has 0 amide bonds. The molecule has 1 aliphatic rings. The van der Waals surface area contributed by atoms with E-state index < -0.39 is 0 Å². The van der Waals surface area contributed by atoms with Crippen molar-refractivity contribution in [1.82, 2.24) is 10.6 Å². The van der Waals surface area contributed by atoms with E-state index in [4.69, 9.17) is 4.74 Å². The molecule has 1 aliphatic heterocycles. The molecule has 4 nitrogen and oxygen atoms in total. The van der Waals surface area contributed by atoms with E-state index in [1.165, 1.54) is 12.1 Å². The molecular formula is C23H30F2IN3O. The van der Waals surface area contributed by atoms with Crippen LogP contribution in [-0.4, -0.2) is 39.3 Å². The van der Waals surface area contributed by atoms with E-state index >= 15 is 0 Å². The van der Waals surface area contributed by atoms with Gasteiger partial charge in [0.1, 0.15) is 11.6 Å². The summed E-state index contributed by atoms with van der Waals surface area (Å²) in [6.45, 7) is 4.57. The van der Waals surface area contributed by atoms with Crippen LogP contribution in [0.4, 0.5) is 8.78 Å². The molecule has 3 rings (SSSR count). The SMILES string of the molecule is CN=C(NCCc1ccc(F)cc1C)NCC1(c2cccc(F)c2)CCOCC1.I. The van der Waals surface area contributed by atoms with Gasteiger partial charge in [-0.05, 0) is 67.1 Å². The lowest BCUT2D eigenvalue weighted by Crippen LogP contribution is -2.48. The minimum atomic E-state index is -0.217. The number of hydrogen-bond acceptors (Lipinski definition) is 2.